The zero-order chi connectivity index (χ0) is 24.6. The van der Waals surface area contributed by atoms with Gasteiger partial charge in [0.05, 0.1) is 12.8 Å². The number of nitrogens with zero attached hydrogens (tertiary/aromatic N) is 5. The van der Waals surface area contributed by atoms with Crippen molar-refractivity contribution in [1.82, 2.24) is 20.0 Å². The number of benzene rings is 1. The van der Waals surface area contributed by atoms with Gasteiger partial charge in [0.15, 0.2) is 12.0 Å². The molecular weight excluding hydrogens is 458 g/mol. The summed E-state index contributed by atoms with van der Waals surface area (Å²) in [5, 5.41) is 10.9. The summed E-state index contributed by atoms with van der Waals surface area (Å²) in [4.78, 5) is 35.5. The van der Waals surface area contributed by atoms with E-state index in [-0.39, 0.29) is 18.2 Å². The molecule has 10 nitrogen and oxygen atoms in total. The number of rotatable bonds is 7. The van der Waals surface area contributed by atoms with E-state index in [2.05, 4.69) is 20.5 Å². The molecule has 3 aliphatic heterocycles. The minimum absolute atomic E-state index is 0.0789. The van der Waals surface area contributed by atoms with E-state index in [0.717, 1.165) is 37.3 Å². The van der Waals surface area contributed by atoms with Crippen molar-refractivity contribution >= 4 is 29.2 Å². The third-order valence-electron chi connectivity index (χ3n) is 6.82. The zero-order valence-corrected chi connectivity index (χ0v) is 20.2. The Balaban J connectivity index is 1.27. The van der Waals surface area contributed by atoms with E-state index in [0.29, 0.717) is 35.5 Å². The molecule has 1 radical (unpaired) electrons. The number of aliphatic imine (C=N–C) groups is 1. The molecule has 0 spiro atoms. The minimum Gasteiger partial charge on any atom is -0.461 e. The number of aromatic amines is 1. The van der Waals surface area contributed by atoms with E-state index >= 15 is 0 Å². The second-order valence-electron chi connectivity index (χ2n) is 9.43. The van der Waals surface area contributed by atoms with Crippen LogP contribution in [0.5, 0.6) is 0 Å². The first kappa shape index (κ1) is 22.5. The largest absolute Gasteiger partial charge is 0.461 e. The summed E-state index contributed by atoms with van der Waals surface area (Å²) >= 11 is 0. The molecule has 0 atom stereocenters. The van der Waals surface area contributed by atoms with Crippen LogP contribution in [0.25, 0.3) is 0 Å². The molecule has 1 amide bonds. The quantitative estimate of drug-likeness (QED) is 0.459. The highest BCUT2D eigenvalue weighted by Gasteiger charge is 2.42. The summed E-state index contributed by atoms with van der Waals surface area (Å²) in [6, 6.07) is 9.67. The van der Waals surface area contributed by atoms with Crippen LogP contribution >= 0.6 is 0 Å². The van der Waals surface area contributed by atoms with Crippen LogP contribution < -0.4 is 15.1 Å². The van der Waals surface area contributed by atoms with Gasteiger partial charge in [-0.1, -0.05) is 0 Å². The number of hydrogen-bond donors (Lipinski definition) is 2. The van der Waals surface area contributed by atoms with Crippen LogP contribution in [0.15, 0.2) is 59.2 Å². The van der Waals surface area contributed by atoms with Gasteiger partial charge in [0.25, 0.3) is 17.6 Å². The van der Waals surface area contributed by atoms with Crippen LogP contribution in [-0.2, 0) is 9.53 Å². The Kier molecular flexibility index (Phi) is 5.80. The summed E-state index contributed by atoms with van der Waals surface area (Å²) in [7, 11) is 0. The van der Waals surface area contributed by atoms with Gasteiger partial charge in [0.2, 0.25) is 5.70 Å². The second-order valence-corrected chi connectivity index (χ2v) is 9.43. The van der Waals surface area contributed by atoms with Gasteiger partial charge in [-0.05, 0) is 61.8 Å². The number of ether oxygens (including phenoxy) is 1. The van der Waals surface area contributed by atoms with Crippen molar-refractivity contribution in [2.24, 2.45) is 4.99 Å². The van der Waals surface area contributed by atoms with Gasteiger partial charge in [-0.3, -0.25) is 15.2 Å². The Hall–Kier alpha value is -3.92. The lowest BCUT2D eigenvalue weighted by molar-refractivity contribution is -0.138. The molecule has 1 saturated heterocycles. The predicted molar refractivity (Wildman–Crippen MR) is 135 cm³/mol. The molecule has 4 aliphatic rings. The molecule has 0 unspecified atom stereocenters. The van der Waals surface area contributed by atoms with Crippen molar-refractivity contribution in [3.63, 3.8) is 0 Å². The average molecular weight is 488 g/mol. The van der Waals surface area contributed by atoms with Crippen molar-refractivity contribution in [3.8, 4) is 0 Å². The van der Waals surface area contributed by atoms with Gasteiger partial charge in [0.1, 0.15) is 6.54 Å². The number of carbonyl (C=O) groups is 2. The summed E-state index contributed by atoms with van der Waals surface area (Å²) in [5.41, 5.74) is 2.99. The SMILES string of the molecule is CCOC(=O)C1=C[N+]2C(Nc3cc(C4CC4)[nH]n3)=CN(c3ccc(C(=O)N4CCCC4)cc3)CC2=N1. The summed E-state index contributed by atoms with van der Waals surface area (Å²) in [6.45, 7) is 4.17. The molecular formula is C26H29N7O3+. The Morgan fingerprint density at radius 3 is 2.69 bits per heavy atom. The second kappa shape index (κ2) is 9.27. The van der Waals surface area contributed by atoms with E-state index < -0.39 is 5.97 Å². The van der Waals surface area contributed by atoms with Gasteiger partial charge in [0, 0.05) is 42.0 Å². The van der Waals surface area contributed by atoms with Crippen LogP contribution in [0.4, 0.5) is 11.5 Å². The maximum Gasteiger partial charge on any atom is 0.362 e. The van der Waals surface area contributed by atoms with Crippen LogP contribution in [0.1, 0.15) is 54.6 Å². The number of aromatic nitrogens is 2. The van der Waals surface area contributed by atoms with E-state index in [1.165, 1.54) is 12.8 Å². The Labute approximate surface area is 209 Å². The van der Waals surface area contributed by atoms with E-state index in [1.807, 2.05) is 51.2 Å². The lowest BCUT2D eigenvalue weighted by atomic mass is 10.1. The molecule has 4 heterocycles. The molecule has 1 aromatic carbocycles. The number of H-pyrrole nitrogens is 1. The number of amides is 1. The lowest BCUT2D eigenvalue weighted by Crippen LogP contribution is -2.45. The highest BCUT2D eigenvalue weighted by molar-refractivity contribution is 6.03. The van der Waals surface area contributed by atoms with Gasteiger partial charge < -0.3 is 14.5 Å². The maximum atomic E-state index is 12.8. The fourth-order valence-electron chi connectivity index (χ4n) is 4.74. The van der Waals surface area contributed by atoms with Crippen molar-refractivity contribution in [3.05, 3.63) is 65.5 Å². The average Bonchev–Trinajstić information content (AvgIpc) is 3.28. The van der Waals surface area contributed by atoms with Crippen molar-refractivity contribution < 1.29 is 14.3 Å². The van der Waals surface area contributed by atoms with Gasteiger partial charge >= 0.3 is 5.97 Å². The summed E-state index contributed by atoms with van der Waals surface area (Å²) < 4.78 is 5.16. The third-order valence-corrected chi connectivity index (χ3v) is 6.82. The number of amidine groups is 1. The summed E-state index contributed by atoms with van der Waals surface area (Å²) in [6.07, 6.45) is 8.15. The first-order chi connectivity index (χ1) is 17.6. The molecule has 36 heavy (non-hydrogen) atoms. The standard InChI is InChI=1S/C26H29N7O3/c1-2-36-26(35)21-14-33-23(27-21)15-32(16-24(33)28-22-13-20(29-30-22)17-5-6-17)19-9-7-18(8-10-19)25(34)31-11-3-4-12-31/h7-10,13-14,16-17H,2-6,11-12,15H2,1H3,(H2,28,29,30)/q+1. The first-order valence-corrected chi connectivity index (χ1v) is 12.5. The Morgan fingerprint density at radius 1 is 1.19 bits per heavy atom. The number of esters is 1. The highest BCUT2D eigenvalue weighted by atomic mass is 16.5. The van der Waals surface area contributed by atoms with Crippen molar-refractivity contribution in [1.29, 1.82) is 0 Å². The van der Waals surface area contributed by atoms with Crippen LogP contribution in [-0.4, -0.2) is 59.1 Å². The lowest BCUT2D eigenvalue weighted by Gasteiger charge is -2.25. The molecule has 2 aromatic rings. The van der Waals surface area contributed by atoms with Gasteiger partial charge in [-0.2, -0.15) is 10.1 Å². The number of likely N-dealkylation sites (tertiary alicyclic amines) is 1. The van der Waals surface area contributed by atoms with Crippen LogP contribution in [0, 0.1) is 0 Å². The highest BCUT2D eigenvalue weighted by Crippen LogP contribution is 2.39. The number of anilines is 2. The van der Waals surface area contributed by atoms with E-state index in [1.54, 1.807) is 13.1 Å². The zero-order valence-electron chi connectivity index (χ0n) is 20.2. The van der Waals surface area contributed by atoms with Crippen molar-refractivity contribution in [2.75, 3.05) is 36.5 Å². The normalized spacial score (nSPS) is 19.5. The molecule has 10 heteroatoms. The Bertz CT molecular complexity index is 1270. The predicted octanol–water partition coefficient (Wildman–Crippen LogP) is 3.21. The minimum atomic E-state index is -0.453. The number of carbonyl (C=O) groups excluding carboxylic acids is 2. The monoisotopic (exact) mass is 487 g/mol. The molecule has 0 bridgehead atoms. The van der Waals surface area contributed by atoms with Gasteiger partial charge in [-0.25, -0.2) is 4.79 Å². The topological polar surface area (TPSA) is 109 Å². The van der Waals surface area contributed by atoms with E-state index in [9.17, 15) is 9.59 Å². The fourth-order valence-corrected chi connectivity index (χ4v) is 4.74. The molecule has 1 saturated carbocycles. The van der Waals surface area contributed by atoms with E-state index in [4.69, 9.17) is 4.74 Å². The smallest absolute Gasteiger partial charge is 0.362 e. The fraction of sp³-hybridized carbons (Fsp3) is 0.385. The number of fused-ring (bicyclic) bond motifs is 1. The van der Waals surface area contributed by atoms with Crippen LogP contribution in [0.3, 0.4) is 0 Å². The van der Waals surface area contributed by atoms with Crippen LogP contribution in [0.2, 0.25) is 0 Å². The maximum absolute atomic E-state index is 12.8. The number of hydrogen-bond acceptors (Lipinski definition) is 8. The molecule has 1 aliphatic carbocycles. The summed E-state index contributed by atoms with van der Waals surface area (Å²) in [5.74, 6) is 2.30. The van der Waals surface area contributed by atoms with Crippen molar-refractivity contribution in [2.45, 2.75) is 38.5 Å². The molecule has 6 rings (SSSR count). The van der Waals surface area contributed by atoms with Gasteiger partial charge in [-0.15, -0.1) is 0 Å². The third kappa shape index (κ3) is 4.39. The molecule has 1 aromatic heterocycles. The molecule has 2 N–H and O–H groups in total. The Morgan fingerprint density at radius 2 is 1.97 bits per heavy atom. The first-order valence-electron chi connectivity index (χ1n) is 12.5. The molecule has 185 valence electrons. The number of nitrogens with one attached hydrogen (secondary N) is 2. The molecule has 2 fully saturated rings.